The topological polar surface area (TPSA) is 83.1 Å². The maximum absolute atomic E-state index is 12.3. The highest BCUT2D eigenvalue weighted by Crippen LogP contribution is 2.40. The largest absolute Gasteiger partial charge is 0.493 e. The van der Waals surface area contributed by atoms with Gasteiger partial charge in [-0.25, -0.2) is 4.79 Å². The minimum Gasteiger partial charge on any atom is -0.493 e. The van der Waals surface area contributed by atoms with Crippen molar-refractivity contribution < 1.29 is 28.5 Å². The van der Waals surface area contributed by atoms with Crippen LogP contribution < -0.4 is 19.5 Å². The van der Waals surface area contributed by atoms with E-state index in [9.17, 15) is 9.59 Å². The first-order valence-electron chi connectivity index (χ1n) is 8.74. The summed E-state index contributed by atoms with van der Waals surface area (Å²) in [7, 11) is 2.97. The van der Waals surface area contributed by atoms with Gasteiger partial charge in [0.1, 0.15) is 0 Å². The molecule has 0 unspecified atom stereocenters. The molecule has 0 radical (unpaired) electrons. The average Bonchev–Trinajstić information content (AvgIpc) is 3.01. The Morgan fingerprint density at radius 1 is 1.11 bits per heavy atom. The molecule has 1 aliphatic rings. The number of methoxy groups -OCH3 is 2. The van der Waals surface area contributed by atoms with Crippen molar-refractivity contribution in [3.63, 3.8) is 0 Å². The van der Waals surface area contributed by atoms with E-state index in [1.54, 1.807) is 25.1 Å². The lowest BCUT2D eigenvalue weighted by Crippen LogP contribution is -2.15. The molecule has 1 amide bonds. The van der Waals surface area contributed by atoms with E-state index in [1.165, 1.54) is 14.2 Å². The third kappa shape index (κ3) is 3.93. The quantitative estimate of drug-likeness (QED) is 0.584. The summed E-state index contributed by atoms with van der Waals surface area (Å²) in [5, 5.41) is 2.84. The van der Waals surface area contributed by atoms with Crippen molar-refractivity contribution in [1.29, 1.82) is 0 Å². The van der Waals surface area contributed by atoms with Gasteiger partial charge in [-0.05, 0) is 36.8 Å². The third-order valence-corrected chi connectivity index (χ3v) is 4.14. The second-order valence-corrected chi connectivity index (χ2v) is 5.91. The molecule has 0 bridgehead atoms. The van der Waals surface area contributed by atoms with E-state index in [0.717, 1.165) is 11.3 Å². The highest BCUT2D eigenvalue weighted by molar-refractivity contribution is 6.34. The highest BCUT2D eigenvalue weighted by Gasteiger charge is 2.24. The Kier molecular flexibility index (Phi) is 5.84. The Morgan fingerprint density at radius 3 is 2.43 bits per heavy atom. The fraction of sp³-hybridized carbons (Fsp3) is 0.238. The maximum atomic E-state index is 12.3. The number of rotatable bonds is 7. The van der Waals surface area contributed by atoms with E-state index >= 15 is 0 Å². The molecule has 3 rings (SSSR count). The summed E-state index contributed by atoms with van der Waals surface area (Å²) in [4.78, 5) is 23.9. The average molecular weight is 383 g/mol. The Hall–Kier alpha value is -3.48. The maximum Gasteiger partial charge on any atom is 0.344 e. The first kappa shape index (κ1) is 19.3. The fourth-order valence-corrected chi connectivity index (χ4v) is 2.91. The van der Waals surface area contributed by atoms with Crippen LogP contribution in [-0.2, 0) is 14.3 Å². The summed E-state index contributed by atoms with van der Waals surface area (Å²) in [6.07, 6.45) is 1.75. The minimum atomic E-state index is -0.489. The first-order chi connectivity index (χ1) is 13.6. The van der Waals surface area contributed by atoms with E-state index in [0.29, 0.717) is 22.6 Å². The van der Waals surface area contributed by atoms with Crippen molar-refractivity contribution in [3.8, 4) is 17.2 Å². The predicted octanol–water partition coefficient (Wildman–Crippen LogP) is 3.14. The van der Waals surface area contributed by atoms with Crippen LogP contribution in [0.5, 0.6) is 17.2 Å². The molecule has 0 atom stereocenters. The molecule has 1 aliphatic heterocycles. The normalized spacial score (nSPS) is 13.7. The van der Waals surface area contributed by atoms with Gasteiger partial charge in [-0.15, -0.1) is 0 Å². The lowest BCUT2D eigenvalue weighted by molar-refractivity contribution is -0.145. The van der Waals surface area contributed by atoms with Crippen LogP contribution in [0.3, 0.4) is 0 Å². The number of nitrogens with one attached hydrogen (secondary N) is 1. The van der Waals surface area contributed by atoms with Crippen molar-refractivity contribution in [2.24, 2.45) is 0 Å². The number of carbonyl (C=O) groups is 2. The monoisotopic (exact) mass is 383 g/mol. The summed E-state index contributed by atoms with van der Waals surface area (Å²) in [5.41, 5.74) is 2.83. The predicted molar refractivity (Wildman–Crippen MR) is 105 cm³/mol. The number of benzene rings is 2. The molecule has 0 spiro atoms. The van der Waals surface area contributed by atoms with E-state index in [1.807, 2.05) is 24.3 Å². The number of hydrogen-bond acceptors (Lipinski definition) is 6. The smallest absolute Gasteiger partial charge is 0.344 e. The Balaban J connectivity index is 1.95. The number of anilines is 1. The van der Waals surface area contributed by atoms with Gasteiger partial charge in [0.2, 0.25) is 5.75 Å². The van der Waals surface area contributed by atoms with Gasteiger partial charge in [0.05, 0.1) is 20.8 Å². The standard InChI is InChI=1S/C21H21NO6/c1-4-27-19(23)12-28-20-17(25-2)10-13(11-18(20)26-3)9-15-14-7-5-6-8-16(14)22-21(15)24/h5-11H,4,12H2,1-3H3,(H,22,24)/b15-9+. The molecule has 146 valence electrons. The Labute approximate surface area is 162 Å². The van der Waals surface area contributed by atoms with Gasteiger partial charge in [-0.2, -0.15) is 0 Å². The van der Waals surface area contributed by atoms with E-state index in [4.69, 9.17) is 18.9 Å². The molecule has 2 aromatic rings. The lowest BCUT2D eigenvalue weighted by Gasteiger charge is -2.15. The molecule has 2 aromatic carbocycles. The van der Waals surface area contributed by atoms with Crippen LogP contribution in [0, 0.1) is 0 Å². The lowest BCUT2D eigenvalue weighted by atomic mass is 10.0. The molecule has 7 heteroatoms. The van der Waals surface area contributed by atoms with Crippen molar-refractivity contribution >= 4 is 29.2 Å². The van der Waals surface area contributed by atoms with Gasteiger partial charge < -0.3 is 24.3 Å². The molecule has 0 aliphatic carbocycles. The number of hydrogen-bond donors (Lipinski definition) is 1. The number of fused-ring (bicyclic) bond motifs is 1. The number of carbonyl (C=O) groups excluding carboxylic acids is 2. The summed E-state index contributed by atoms with van der Waals surface area (Å²) < 4.78 is 21.2. The molecule has 0 aromatic heterocycles. The molecular weight excluding hydrogens is 362 g/mol. The second-order valence-electron chi connectivity index (χ2n) is 5.91. The van der Waals surface area contributed by atoms with Crippen molar-refractivity contribution in [2.75, 3.05) is 32.8 Å². The molecular formula is C21H21NO6. The second kappa shape index (κ2) is 8.47. The summed E-state index contributed by atoms with van der Waals surface area (Å²) in [6.45, 7) is 1.72. The van der Waals surface area contributed by atoms with Gasteiger partial charge in [0, 0.05) is 16.8 Å². The summed E-state index contributed by atoms with van der Waals surface area (Å²) in [5.74, 6) is 0.375. The minimum absolute atomic E-state index is 0.179. The van der Waals surface area contributed by atoms with Gasteiger partial charge in [-0.3, -0.25) is 4.79 Å². The van der Waals surface area contributed by atoms with Crippen molar-refractivity contribution in [1.82, 2.24) is 0 Å². The number of para-hydroxylation sites is 1. The van der Waals surface area contributed by atoms with E-state index in [-0.39, 0.29) is 24.9 Å². The van der Waals surface area contributed by atoms with E-state index < -0.39 is 5.97 Å². The number of amides is 1. The third-order valence-electron chi connectivity index (χ3n) is 4.14. The molecule has 0 saturated heterocycles. The van der Waals surface area contributed by atoms with Crippen LogP contribution in [0.4, 0.5) is 5.69 Å². The van der Waals surface area contributed by atoms with Crippen molar-refractivity contribution in [2.45, 2.75) is 6.92 Å². The van der Waals surface area contributed by atoms with Crippen LogP contribution in [0.25, 0.3) is 11.6 Å². The van der Waals surface area contributed by atoms with Gasteiger partial charge in [0.15, 0.2) is 18.1 Å². The van der Waals surface area contributed by atoms with Crippen LogP contribution in [0.2, 0.25) is 0 Å². The SMILES string of the molecule is CCOC(=O)COc1c(OC)cc(/C=C2/C(=O)Nc3ccccc32)cc1OC. The number of ether oxygens (including phenoxy) is 4. The van der Waals surface area contributed by atoms with Crippen molar-refractivity contribution in [3.05, 3.63) is 47.5 Å². The Morgan fingerprint density at radius 2 is 1.79 bits per heavy atom. The van der Waals surface area contributed by atoms with Crippen LogP contribution in [0.15, 0.2) is 36.4 Å². The zero-order valence-corrected chi connectivity index (χ0v) is 15.9. The highest BCUT2D eigenvalue weighted by atomic mass is 16.6. The zero-order valence-electron chi connectivity index (χ0n) is 15.9. The molecule has 0 saturated carbocycles. The fourth-order valence-electron chi connectivity index (χ4n) is 2.91. The first-order valence-corrected chi connectivity index (χ1v) is 8.74. The van der Waals surface area contributed by atoms with Gasteiger partial charge in [0.25, 0.3) is 5.91 Å². The number of esters is 1. The molecule has 1 N–H and O–H groups in total. The van der Waals surface area contributed by atoms with Crippen LogP contribution >= 0.6 is 0 Å². The summed E-state index contributed by atoms with van der Waals surface area (Å²) >= 11 is 0. The Bertz CT molecular complexity index is 909. The molecule has 28 heavy (non-hydrogen) atoms. The van der Waals surface area contributed by atoms with E-state index in [2.05, 4.69) is 5.32 Å². The summed E-state index contributed by atoms with van der Waals surface area (Å²) in [6, 6.07) is 10.9. The van der Waals surface area contributed by atoms with Gasteiger partial charge in [-0.1, -0.05) is 18.2 Å². The molecule has 0 fully saturated rings. The van der Waals surface area contributed by atoms with Gasteiger partial charge >= 0.3 is 5.97 Å². The van der Waals surface area contributed by atoms with Crippen LogP contribution in [0.1, 0.15) is 18.1 Å². The zero-order chi connectivity index (χ0) is 20.1. The van der Waals surface area contributed by atoms with Crippen LogP contribution in [-0.4, -0.2) is 39.3 Å². The molecule has 7 nitrogen and oxygen atoms in total. The molecule has 1 heterocycles.